The number of pyridine rings is 1. The number of carbonyl (C=O) groups is 1. The molecule has 152 valence electrons. The van der Waals surface area contributed by atoms with Gasteiger partial charge < -0.3 is 15.2 Å². The molecule has 0 bridgehead atoms. The summed E-state index contributed by atoms with van der Waals surface area (Å²) in [6.07, 6.45) is 4.34. The Morgan fingerprint density at radius 3 is 2.87 bits per heavy atom. The quantitative estimate of drug-likeness (QED) is 0.507. The van der Waals surface area contributed by atoms with Crippen LogP contribution in [-0.4, -0.2) is 37.5 Å². The van der Waals surface area contributed by atoms with Gasteiger partial charge in [0.2, 0.25) is 11.7 Å². The molecule has 0 aliphatic heterocycles. The number of hydrogen-bond donors (Lipinski definition) is 2. The number of amides is 2. The summed E-state index contributed by atoms with van der Waals surface area (Å²) in [6, 6.07) is 11.8. The first kappa shape index (κ1) is 19.2. The van der Waals surface area contributed by atoms with E-state index in [0.29, 0.717) is 17.4 Å². The van der Waals surface area contributed by atoms with E-state index in [2.05, 4.69) is 30.9 Å². The minimum Gasteiger partial charge on any atom is -0.339 e. The fourth-order valence-electron chi connectivity index (χ4n) is 2.70. The second kappa shape index (κ2) is 8.52. The molecule has 0 fully saturated rings. The summed E-state index contributed by atoms with van der Waals surface area (Å²) >= 11 is 0. The summed E-state index contributed by atoms with van der Waals surface area (Å²) in [7, 11) is 0. The lowest BCUT2D eigenvalue weighted by molar-refractivity contribution is 0.250. The molecule has 2 amide bonds. The summed E-state index contributed by atoms with van der Waals surface area (Å²) in [5.74, 6) is 0.264. The topological polar surface area (TPSA) is 111 Å². The highest BCUT2D eigenvalue weighted by molar-refractivity contribution is 5.88. The first-order chi connectivity index (χ1) is 14.6. The summed E-state index contributed by atoms with van der Waals surface area (Å²) in [6.45, 7) is 2.15. The van der Waals surface area contributed by atoms with E-state index >= 15 is 0 Å². The van der Waals surface area contributed by atoms with Crippen LogP contribution >= 0.6 is 0 Å². The second-order valence-electron chi connectivity index (χ2n) is 6.54. The fourth-order valence-corrected chi connectivity index (χ4v) is 2.70. The highest BCUT2D eigenvalue weighted by atomic mass is 19.1. The third-order valence-corrected chi connectivity index (χ3v) is 4.26. The molecule has 3 aromatic heterocycles. The maximum atomic E-state index is 13.8. The molecule has 3 heterocycles. The van der Waals surface area contributed by atoms with Crippen molar-refractivity contribution in [3.8, 4) is 17.2 Å². The average molecular weight is 407 g/mol. The van der Waals surface area contributed by atoms with Crippen molar-refractivity contribution in [3.63, 3.8) is 0 Å². The predicted molar refractivity (Wildman–Crippen MR) is 106 cm³/mol. The normalized spacial score (nSPS) is 11.8. The number of hydrogen-bond acceptors (Lipinski definition) is 6. The average Bonchev–Trinajstić information content (AvgIpc) is 3.43. The van der Waals surface area contributed by atoms with Crippen molar-refractivity contribution >= 4 is 11.7 Å². The molecule has 0 aliphatic carbocycles. The number of nitrogens with one attached hydrogen (secondary N) is 2. The molecule has 4 rings (SSSR count). The zero-order valence-corrected chi connectivity index (χ0v) is 16.0. The van der Waals surface area contributed by atoms with Crippen LogP contribution in [0.5, 0.6) is 0 Å². The predicted octanol–water partition coefficient (Wildman–Crippen LogP) is 3.38. The highest BCUT2D eigenvalue weighted by Crippen LogP contribution is 2.19. The van der Waals surface area contributed by atoms with Gasteiger partial charge in [-0.1, -0.05) is 42.4 Å². The smallest absolute Gasteiger partial charge is 0.319 e. The van der Waals surface area contributed by atoms with E-state index in [0.717, 1.165) is 5.56 Å². The zero-order chi connectivity index (χ0) is 20.9. The van der Waals surface area contributed by atoms with Gasteiger partial charge in [0.05, 0.1) is 24.0 Å². The zero-order valence-electron chi connectivity index (χ0n) is 16.0. The van der Waals surface area contributed by atoms with Crippen LogP contribution in [0.2, 0.25) is 0 Å². The van der Waals surface area contributed by atoms with Crippen LogP contribution in [0.3, 0.4) is 0 Å². The maximum Gasteiger partial charge on any atom is 0.319 e. The largest absolute Gasteiger partial charge is 0.339 e. The third kappa shape index (κ3) is 4.32. The van der Waals surface area contributed by atoms with Crippen LogP contribution in [0.1, 0.15) is 18.7 Å². The molecule has 1 aromatic carbocycles. The Balaban J connectivity index is 1.32. The van der Waals surface area contributed by atoms with E-state index in [1.54, 1.807) is 0 Å². The van der Waals surface area contributed by atoms with Crippen molar-refractivity contribution in [1.29, 1.82) is 0 Å². The molecule has 2 N–H and O–H groups in total. The molecule has 10 heteroatoms. The molecule has 0 saturated carbocycles. The van der Waals surface area contributed by atoms with Crippen LogP contribution in [-0.2, 0) is 0 Å². The standard InChI is InChI=1S/C20H18FN7O2/c1-13(19-26-17(27-30-19)14-6-3-2-4-7-14)10-23-20(29)25-15-11-24-28(12-15)18-16(21)8-5-9-22-18/h2-9,11-13H,10H2,1H3,(H2,23,25,29). The monoisotopic (exact) mass is 407 g/mol. The Morgan fingerprint density at radius 2 is 2.07 bits per heavy atom. The lowest BCUT2D eigenvalue weighted by Crippen LogP contribution is -2.31. The summed E-state index contributed by atoms with van der Waals surface area (Å²) in [5.41, 5.74) is 1.25. The number of nitrogens with zero attached hydrogens (tertiary/aromatic N) is 5. The lowest BCUT2D eigenvalue weighted by Gasteiger charge is -2.09. The van der Waals surface area contributed by atoms with Gasteiger partial charge in [0.15, 0.2) is 11.6 Å². The van der Waals surface area contributed by atoms with Gasteiger partial charge in [0.1, 0.15) is 0 Å². The summed E-state index contributed by atoms with van der Waals surface area (Å²) < 4.78 is 20.3. The molecule has 9 nitrogen and oxygen atoms in total. The van der Waals surface area contributed by atoms with Crippen LogP contribution < -0.4 is 10.6 Å². The Morgan fingerprint density at radius 1 is 1.23 bits per heavy atom. The molecular weight excluding hydrogens is 389 g/mol. The van der Waals surface area contributed by atoms with Crippen molar-refractivity contribution < 1.29 is 13.7 Å². The minimum absolute atomic E-state index is 0.0465. The Kier molecular flexibility index (Phi) is 5.46. The van der Waals surface area contributed by atoms with Crippen LogP contribution in [0, 0.1) is 5.82 Å². The van der Waals surface area contributed by atoms with Crippen molar-refractivity contribution in [3.05, 3.63) is 72.8 Å². The Hall–Kier alpha value is -4.08. The summed E-state index contributed by atoms with van der Waals surface area (Å²) in [4.78, 5) is 20.5. The fraction of sp³-hybridized carbons (Fsp3) is 0.150. The minimum atomic E-state index is -0.514. The maximum absolute atomic E-state index is 13.8. The molecule has 1 atom stereocenters. The first-order valence-electron chi connectivity index (χ1n) is 9.19. The van der Waals surface area contributed by atoms with Gasteiger partial charge >= 0.3 is 6.03 Å². The van der Waals surface area contributed by atoms with Crippen molar-refractivity contribution in [2.24, 2.45) is 0 Å². The number of urea groups is 1. The second-order valence-corrected chi connectivity index (χ2v) is 6.54. The number of benzene rings is 1. The Labute approximate surface area is 171 Å². The number of anilines is 1. The van der Waals surface area contributed by atoms with E-state index < -0.39 is 11.8 Å². The number of rotatable bonds is 6. The molecule has 0 saturated heterocycles. The molecule has 0 aliphatic rings. The molecule has 0 spiro atoms. The molecule has 0 radical (unpaired) electrons. The number of carbonyl (C=O) groups excluding carboxylic acids is 1. The van der Waals surface area contributed by atoms with Gasteiger partial charge in [-0.25, -0.2) is 18.9 Å². The third-order valence-electron chi connectivity index (χ3n) is 4.26. The van der Waals surface area contributed by atoms with Crippen molar-refractivity contribution in [2.45, 2.75) is 12.8 Å². The van der Waals surface area contributed by atoms with Gasteiger partial charge in [-0.05, 0) is 12.1 Å². The molecule has 4 aromatic rings. The van der Waals surface area contributed by atoms with Gasteiger partial charge in [-0.2, -0.15) is 10.1 Å². The van der Waals surface area contributed by atoms with E-state index in [1.807, 2.05) is 37.3 Å². The van der Waals surface area contributed by atoms with E-state index in [4.69, 9.17) is 4.52 Å². The highest BCUT2D eigenvalue weighted by Gasteiger charge is 2.16. The van der Waals surface area contributed by atoms with Crippen LogP contribution in [0.4, 0.5) is 14.9 Å². The number of halogens is 1. The molecule has 1 unspecified atom stereocenters. The Bertz CT molecular complexity index is 1140. The SMILES string of the molecule is CC(CNC(=O)Nc1cnn(-c2ncccc2F)c1)c1nc(-c2ccccc2)no1. The molecular formula is C20H18FN7O2. The van der Waals surface area contributed by atoms with Gasteiger partial charge in [-0.3, -0.25) is 0 Å². The van der Waals surface area contributed by atoms with E-state index in [1.165, 1.54) is 35.4 Å². The van der Waals surface area contributed by atoms with Crippen LogP contribution in [0.25, 0.3) is 17.2 Å². The van der Waals surface area contributed by atoms with Gasteiger partial charge in [0.25, 0.3) is 0 Å². The van der Waals surface area contributed by atoms with Crippen molar-refractivity contribution in [2.75, 3.05) is 11.9 Å². The van der Waals surface area contributed by atoms with E-state index in [9.17, 15) is 9.18 Å². The lowest BCUT2D eigenvalue weighted by atomic mass is 10.2. The number of aromatic nitrogens is 5. The summed E-state index contributed by atoms with van der Waals surface area (Å²) in [5, 5.41) is 13.4. The molecule has 30 heavy (non-hydrogen) atoms. The van der Waals surface area contributed by atoms with Crippen LogP contribution in [0.15, 0.2) is 65.6 Å². The van der Waals surface area contributed by atoms with E-state index in [-0.39, 0.29) is 18.3 Å². The van der Waals surface area contributed by atoms with Crippen molar-refractivity contribution in [1.82, 2.24) is 30.2 Å². The van der Waals surface area contributed by atoms with Gasteiger partial charge in [-0.15, -0.1) is 0 Å². The first-order valence-corrected chi connectivity index (χ1v) is 9.19. The van der Waals surface area contributed by atoms with Gasteiger partial charge in [0, 0.05) is 18.3 Å².